The fourth-order valence-corrected chi connectivity index (χ4v) is 3.20. The van der Waals surface area contributed by atoms with E-state index in [4.69, 9.17) is 0 Å². The molecule has 1 aromatic rings. The zero-order valence-corrected chi connectivity index (χ0v) is 12.9. The molecule has 0 saturated carbocycles. The fourth-order valence-electron chi connectivity index (χ4n) is 2.46. The van der Waals surface area contributed by atoms with Gasteiger partial charge in [0, 0.05) is 18.1 Å². The second-order valence-electron chi connectivity index (χ2n) is 5.06. The summed E-state index contributed by atoms with van der Waals surface area (Å²) in [7, 11) is 0. The van der Waals surface area contributed by atoms with Gasteiger partial charge in [-0.25, -0.2) is 0 Å². The van der Waals surface area contributed by atoms with Gasteiger partial charge in [-0.1, -0.05) is 42.6 Å². The maximum Gasteiger partial charge on any atom is 0.419 e. The topological polar surface area (TPSA) is 17.8 Å². The van der Waals surface area contributed by atoms with Crippen LogP contribution in [0.5, 0.6) is 0 Å². The summed E-state index contributed by atoms with van der Waals surface area (Å²) in [6.45, 7) is 4.71. The van der Waals surface area contributed by atoms with Crippen molar-refractivity contribution in [2.75, 3.05) is 5.33 Å². The quantitative estimate of drug-likeness (QED) is 0.646. The summed E-state index contributed by atoms with van der Waals surface area (Å²) in [6.07, 6.45) is 1.67. The molecule has 0 aliphatic heterocycles. The predicted molar refractivity (Wildman–Crippen MR) is 73.3 cm³/mol. The van der Waals surface area contributed by atoms with E-state index < -0.39 is 11.7 Å². The van der Waals surface area contributed by atoms with Crippen molar-refractivity contribution in [3.05, 3.63) is 18.0 Å². The Morgan fingerprint density at radius 1 is 1.21 bits per heavy atom. The predicted octanol–water partition coefficient (Wildman–Crippen LogP) is 4.88. The maximum atomic E-state index is 12.5. The molecule has 0 spiro atoms. The molecular formula is C13H20BrF3N2. The molecule has 110 valence electrons. The van der Waals surface area contributed by atoms with Gasteiger partial charge in [-0.05, 0) is 18.3 Å². The van der Waals surface area contributed by atoms with E-state index in [1.807, 2.05) is 0 Å². The Bertz CT molecular complexity index is 381. The van der Waals surface area contributed by atoms with Crippen LogP contribution in [0.25, 0.3) is 0 Å². The third-order valence-corrected chi connectivity index (χ3v) is 4.49. The van der Waals surface area contributed by atoms with E-state index in [1.54, 1.807) is 0 Å². The first kappa shape index (κ1) is 16.5. The van der Waals surface area contributed by atoms with E-state index >= 15 is 0 Å². The van der Waals surface area contributed by atoms with Gasteiger partial charge in [-0.2, -0.15) is 18.3 Å². The molecule has 6 heteroatoms. The van der Waals surface area contributed by atoms with Crippen molar-refractivity contribution in [1.82, 2.24) is 9.78 Å². The van der Waals surface area contributed by atoms with Crippen molar-refractivity contribution in [3.63, 3.8) is 0 Å². The van der Waals surface area contributed by atoms with Crippen LogP contribution in [-0.4, -0.2) is 15.1 Å². The summed E-state index contributed by atoms with van der Waals surface area (Å²) >= 11 is 3.52. The minimum absolute atomic E-state index is 0.0155. The molecule has 0 amide bonds. The molecule has 0 aliphatic rings. The van der Waals surface area contributed by atoms with Crippen molar-refractivity contribution in [3.8, 4) is 0 Å². The summed E-state index contributed by atoms with van der Waals surface area (Å²) in [4.78, 5) is 0. The number of hydrogen-bond acceptors (Lipinski definition) is 1. The smallest absolute Gasteiger partial charge is 0.272 e. The summed E-state index contributed by atoms with van der Waals surface area (Å²) < 4.78 is 39.1. The lowest BCUT2D eigenvalue weighted by molar-refractivity contribution is -0.137. The normalized spacial score (nSPS) is 12.9. The highest BCUT2D eigenvalue weighted by molar-refractivity contribution is 9.09. The molecule has 0 N–H and O–H groups in total. The molecular weight excluding hydrogens is 321 g/mol. The van der Waals surface area contributed by atoms with Gasteiger partial charge in [0.15, 0.2) is 0 Å². The Balaban J connectivity index is 2.87. The molecule has 0 aromatic carbocycles. The van der Waals surface area contributed by atoms with Crippen LogP contribution in [0.15, 0.2) is 12.4 Å². The van der Waals surface area contributed by atoms with Crippen molar-refractivity contribution in [2.45, 2.75) is 52.3 Å². The average molecular weight is 341 g/mol. The number of nitrogens with zero attached hydrogens (tertiary/aromatic N) is 2. The highest BCUT2D eigenvalue weighted by atomic mass is 79.9. The summed E-state index contributed by atoms with van der Waals surface area (Å²) in [5, 5.41) is 4.64. The zero-order chi connectivity index (χ0) is 14.5. The molecule has 0 radical (unpaired) electrons. The zero-order valence-electron chi connectivity index (χ0n) is 11.3. The van der Waals surface area contributed by atoms with E-state index in [-0.39, 0.29) is 5.41 Å². The number of aromatic nitrogens is 2. The van der Waals surface area contributed by atoms with Gasteiger partial charge in [-0.15, -0.1) is 0 Å². The van der Waals surface area contributed by atoms with Crippen LogP contribution in [0.1, 0.15) is 45.1 Å². The highest BCUT2D eigenvalue weighted by Gasteiger charge is 2.33. The van der Waals surface area contributed by atoms with Crippen LogP contribution < -0.4 is 0 Å². The van der Waals surface area contributed by atoms with E-state index in [0.717, 1.165) is 43.4 Å². The third-order valence-electron chi connectivity index (χ3n) is 3.30. The van der Waals surface area contributed by atoms with Crippen molar-refractivity contribution >= 4 is 15.9 Å². The second kappa shape index (κ2) is 6.77. The highest BCUT2D eigenvalue weighted by Crippen LogP contribution is 2.35. The first-order valence-electron chi connectivity index (χ1n) is 6.52. The van der Waals surface area contributed by atoms with Gasteiger partial charge in [0.05, 0.1) is 11.8 Å². The van der Waals surface area contributed by atoms with Gasteiger partial charge < -0.3 is 0 Å². The van der Waals surface area contributed by atoms with Crippen LogP contribution in [0.4, 0.5) is 13.2 Å². The van der Waals surface area contributed by atoms with Crippen LogP contribution in [0.2, 0.25) is 0 Å². The Labute approximate surface area is 120 Å². The van der Waals surface area contributed by atoms with Gasteiger partial charge in [0.1, 0.15) is 0 Å². The van der Waals surface area contributed by atoms with Crippen LogP contribution in [0.3, 0.4) is 0 Å². The Hall–Kier alpha value is -0.520. The van der Waals surface area contributed by atoms with Crippen LogP contribution in [0, 0.1) is 5.41 Å². The summed E-state index contributed by atoms with van der Waals surface area (Å²) in [6, 6.07) is 0. The molecule has 19 heavy (non-hydrogen) atoms. The van der Waals surface area contributed by atoms with Crippen molar-refractivity contribution < 1.29 is 13.2 Å². The first-order chi connectivity index (χ1) is 8.87. The number of rotatable bonds is 7. The molecule has 1 aromatic heterocycles. The average Bonchev–Trinajstić information content (AvgIpc) is 2.77. The lowest BCUT2D eigenvalue weighted by Gasteiger charge is -2.31. The molecule has 0 saturated heterocycles. The van der Waals surface area contributed by atoms with E-state index in [9.17, 15) is 13.2 Å². The monoisotopic (exact) mass is 340 g/mol. The third kappa shape index (κ3) is 4.51. The fraction of sp³-hybridized carbons (Fsp3) is 0.769. The Kier molecular flexibility index (Phi) is 5.89. The maximum absolute atomic E-state index is 12.5. The summed E-state index contributed by atoms with van der Waals surface area (Å²) in [5.41, 5.74) is -0.692. The Morgan fingerprint density at radius 3 is 2.16 bits per heavy atom. The van der Waals surface area contributed by atoms with Crippen molar-refractivity contribution in [1.29, 1.82) is 0 Å². The molecule has 1 heterocycles. The Morgan fingerprint density at radius 2 is 1.79 bits per heavy atom. The molecule has 0 bridgehead atoms. The van der Waals surface area contributed by atoms with Gasteiger partial charge in [0.2, 0.25) is 0 Å². The first-order valence-corrected chi connectivity index (χ1v) is 7.64. The SMILES string of the molecule is CCCC(CBr)(CCC)Cn1cc(C(F)(F)F)cn1. The summed E-state index contributed by atoms with van der Waals surface area (Å²) in [5.74, 6) is 0. The van der Waals surface area contributed by atoms with Gasteiger partial charge in [0.25, 0.3) is 0 Å². The molecule has 1 rings (SSSR count). The standard InChI is InChI=1S/C13H20BrF3N2/c1-3-5-12(9-14,6-4-2)10-19-8-11(7-18-19)13(15,16)17/h7-8H,3-6,9-10H2,1-2H3. The van der Waals surface area contributed by atoms with Crippen LogP contribution >= 0.6 is 15.9 Å². The number of alkyl halides is 4. The van der Waals surface area contributed by atoms with Crippen molar-refractivity contribution in [2.24, 2.45) is 5.41 Å². The lowest BCUT2D eigenvalue weighted by Crippen LogP contribution is -2.29. The molecule has 2 nitrogen and oxygen atoms in total. The minimum Gasteiger partial charge on any atom is -0.272 e. The van der Waals surface area contributed by atoms with E-state index in [1.165, 1.54) is 4.68 Å². The van der Waals surface area contributed by atoms with Gasteiger partial charge >= 0.3 is 6.18 Å². The number of halogens is 4. The van der Waals surface area contributed by atoms with E-state index in [2.05, 4.69) is 34.9 Å². The second-order valence-corrected chi connectivity index (χ2v) is 5.62. The lowest BCUT2D eigenvalue weighted by atomic mass is 9.81. The molecule has 0 unspecified atom stereocenters. The van der Waals surface area contributed by atoms with Gasteiger partial charge in [-0.3, -0.25) is 4.68 Å². The largest absolute Gasteiger partial charge is 0.419 e. The van der Waals surface area contributed by atoms with Crippen LogP contribution in [-0.2, 0) is 12.7 Å². The minimum atomic E-state index is -4.31. The molecule has 0 aliphatic carbocycles. The molecule has 0 fully saturated rings. The molecule has 0 atom stereocenters. The number of hydrogen-bond donors (Lipinski definition) is 0. The van der Waals surface area contributed by atoms with E-state index in [0.29, 0.717) is 6.54 Å².